The fourth-order valence-electron chi connectivity index (χ4n) is 2.75. The fraction of sp³-hybridized carbons (Fsp3) is 0.278. The first-order chi connectivity index (χ1) is 13.6. The lowest BCUT2D eigenvalue weighted by atomic mass is 10.1. The molecular weight excluding hydrogens is 422 g/mol. The van der Waals surface area contributed by atoms with Crippen molar-refractivity contribution in [2.45, 2.75) is 19.4 Å². The Balaban J connectivity index is 2.44. The van der Waals surface area contributed by atoms with E-state index in [1.165, 1.54) is 25.3 Å². The maximum absolute atomic E-state index is 12.9. The van der Waals surface area contributed by atoms with Gasteiger partial charge in [-0.05, 0) is 24.6 Å². The van der Waals surface area contributed by atoms with E-state index in [-0.39, 0.29) is 28.5 Å². The highest BCUT2D eigenvalue weighted by Crippen LogP contribution is 2.29. The first-order valence-corrected chi connectivity index (χ1v) is 10.7. The predicted molar refractivity (Wildman–Crippen MR) is 111 cm³/mol. The number of hydrogen-bond acceptors (Lipinski definition) is 6. The van der Waals surface area contributed by atoms with Crippen LogP contribution in [-0.2, 0) is 14.8 Å². The lowest BCUT2D eigenvalue weighted by Crippen LogP contribution is -2.47. The Bertz CT molecular complexity index is 1030. The normalized spacial score (nSPS) is 12.1. The van der Waals surface area contributed by atoms with Crippen LogP contribution in [0.25, 0.3) is 0 Å². The molecule has 0 saturated carbocycles. The van der Waals surface area contributed by atoms with Gasteiger partial charge in [0.2, 0.25) is 15.9 Å². The topological polar surface area (TPSA) is 119 Å². The summed E-state index contributed by atoms with van der Waals surface area (Å²) >= 11 is 6.03. The Morgan fingerprint density at radius 2 is 2.00 bits per heavy atom. The highest BCUT2D eigenvalue weighted by atomic mass is 35.5. The molecule has 1 amide bonds. The molecule has 0 fully saturated rings. The first-order valence-electron chi connectivity index (χ1n) is 8.46. The van der Waals surface area contributed by atoms with E-state index < -0.39 is 26.9 Å². The van der Waals surface area contributed by atoms with Gasteiger partial charge in [-0.3, -0.25) is 19.2 Å². The molecule has 156 valence electrons. The number of halogens is 1. The van der Waals surface area contributed by atoms with Crippen molar-refractivity contribution in [3.63, 3.8) is 0 Å². The maximum Gasteiger partial charge on any atom is 0.271 e. The molecule has 2 aromatic carbocycles. The minimum Gasteiger partial charge on any atom is -0.497 e. The number of carbonyl (C=O) groups excluding carboxylic acids is 1. The van der Waals surface area contributed by atoms with E-state index in [0.29, 0.717) is 5.75 Å². The molecule has 9 nitrogen and oxygen atoms in total. The van der Waals surface area contributed by atoms with Crippen LogP contribution >= 0.6 is 11.6 Å². The molecule has 0 unspecified atom stereocenters. The van der Waals surface area contributed by atoms with Crippen molar-refractivity contribution in [3.05, 3.63) is 57.6 Å². The third-order valence-electron chi connectivity index (χ3n) is 4.06. The molecule has 0 heterocycles. The summed E-state index contributed by atoms with van der Waals surface area (Å²) in [7, 11) is -2.40. The Morgan fingerprint density at radius 1 is 1.31 bits per heavy atom. The molecule has 0 aliphatic rings. The second kappa shape index (κ2) is 9.10. The molecule has 1 N–H and O–H groups in total. The van der Waals surface area contributed by atoms with Gasteiger partial charge in [-0.25, -0.2) is 8.42 Å². The number of nitrogens with zero attached hydrogens (tertiary/aromatic N) is 2. The Hall–Kier alpha value is -2.85. The van der Waals surface area contributed by atoms with Crippen molar-refractivity contribution in [2.75, 3.05) is 23.0 Å². The summed E-state index contributed by atoms with van der Waals surface area (Å²) in [6.45, 7) is 1.65. The molecule has 0 aromatic heterocycles. The average Bonchev–Trinajstić information content (AvgIpc) is 2.66. The summed E-state index contributed by atoms with van der Waals surface area (Å²) in [5.41, 5.74) is 0.00733. The molecule has 0 bridgehead atoms. The van der Waals surface area contributed by atoms with Crippen LogP contribution in [-0.4, -0.2) is 38.7 Å². The van der Waals surface area contributed by atoms with E-state index in [1.807, 2.05) is 0 Å². The number of rotatable bonds is 8. The molecule has 29 heavy (non-hydrogen) atoms. The second-order valence-electron chi connectivity index (χ2n) is 6.09. The molecule has 1 atom stereocenters. The number of methoxy groups -OCH3 is 1. The predicted octanol–water partition coefficient (Wildman–Crippen LogP) is 3.44. The van der Waals surface area contributed by atoms with Gasteiger partial charge < -0.3 is 10.1 Å². The minimum atomic E-state index is -3.85. The van der Waals surface area contributed by atoms with Crippen molar-refractivity contribution in [2.24, 2.45) is 0 Å². The summed E-state index contributed by atoms with van der Waals surface area (Å²) in [5, 5.41) is 13.6. The third kappa shape index (κ3) is 5.36. The highest BCUT2D eigenvalue weighted by Gasteiger charge is 2.32. The van der Waals surface area contributed by atoms with Crippen LogP contribution in [0.15, 0.2) is 42.5 Å². The monoisotopic (exact) mass is 441 g/mol. The van der Waals surface area contributed by atoms with Gasteiger partial charge in [0.15, 0.2) is 0 Å². The Kier molecular flexibility index (Phi) is 7.04. The van der Waals surface area contributed by atoms with Crippen molar-refractivity contribution < 1.29 is 22.9 Å². The van der Waals surface area contributed by atoms with Gasteiger partial charge in [-0.15, -0.1) is 0 Å². The van der Waals surface area contributed by atoms with Gasteiger partial charge in [0.05, 0.1) is 34.7 Å². The van der Waals surface area contributed by atoms with E-state index >= 15 is 0 Å². The standard InChI is InChI=1S/C18H20ClN3O6S/c1-4-17(18(23)20-16-11-13(22(24)25)8-9-15(16)19)21(29(3,26)27)12-6-5-7-14(10-12)28-2/h5-11,17H,4H2,1-3H3,(H,20,23)/t17-/m0/s1. The zero-order valence-corrected chi connectivity index (χ0v) is 17.5. The molecule has 0 spiro atoms. The maximum atomic E-state index is 12.9. The number of carbonyl (C=O) groups is 1. The number of hydrogen-bond donors (Lipinski definition) is 1. The Morgan fingerprint density at radius 3 is 2.55 bits per heavy atom. The van der Waals surface area contributed by atoms with Gasteiger partial charge >= 0.3 is 0 Å². The Labute approximate surface area is 173 Å². The molecular formula is C18H20ClN3O6S. The number of nitro benzene ring substituents is 1. The molecule has 11 heteroatoms. The highest BCUT2D eigenvalue weighted by molar-refractivity contribution is 7.92. The number of nitro groups is 1. The smallest absolute Gasteiger partial charge is 0.271 e. The molecule has 2 aromatic rings. The summed E-state index contributed by atoms with van der Waals surface area (Å²) < 4.78 is 31.1. The molecule has 0 aliphatic carbocycles. The number of anilines is 2. The SMILES string of the molecule is CC[C@@H](C(=O)Nc1cc([N+](=O)[O-])ccc1Cl)N(c1cccc(OC)c1)S(C)(=O)=O. The first kappa shape index (κ1) is 22.4. The van der Waals surface area contributed by atoms with Gasteiger partial charge in [-0.2, -0.15) is 0 Å². The van der Waals surface area contributed by atoms with Gasteiger partial charge in [0.25, 0.3) is 5.69 Å². The lowest BCUT2D eigenvalue weighted by molar-refractivity contribution is -0.384. The van der Waals surface area contributed by atoms with Gasteiger partial charge in [0.1, 0.15) is 11.8 Å². The number of non-ortho nitro benzene ring substituents is 1. The molecule has 0 saturated heterocycles. The number of amides is 1. The van der Waals surface area contributed by atoms with E-state index in [9.17, 15) is 23.3 Å². The van der Waals surface area contributed by atoms with Crippen LogP contribution < -0.4 is 14.4 Å². The van der Waals surface area contributed by atoms with Gasteiger partial charge in [-0.1, -0.05) is 24.6 Å². The van der Waals surface area contributed by atoms with Crippen molar-refractivity contribution >= 4 is 44.6 Å². The van der Waals surface area contributed by atoms with Crippen LogP contribution in [0.2, 0.25) is 5.02 Å². The quantitative estimate of drug-likeness (QED) is 0.495. The second-order valence-corrected chi connectivity index (χ2v) is 8.36. The number of nitrogens with one attached hydrogen (secondary N) is 1. The summed E-state index contributed by atoms with van der Waals surface area (Å²) in [4.78, 5) is 23.3. The van der Waals surface area contributed by atoms with Crippen molar-refractivity contribution in [1.29, 1.82) is 0 Å². The van der Waals surface area contributed by atoms with E-state index in [2.05, 4.69) is 5.32 Å². The minimum absolute atomic E-state index is 0.0170. The van der Waals surface area contributed by atoms with Gasteiger partial charge in [0, 0.05) is 18.2 Å². The van der Waals surface area contributed by atoms with E-state index in [0.717, 1.165) is 16.6 Å². The van der Waals surface area contributed by atoms with Crippen LogP contribution in [0.5, 0.6) is 5.75 Å². The average molecular weight is 442 g/mol. The zero-order chi connectivity index (χ0) is 21.8. The van der Waals surface area contributed by atoms with E-state index in [4.69, 9.17) is 16.3 Å². The summed E-state index contributed by atoms with van der Waals surface area (Å²) in [6, 6.07) is 8.77. The van der Waals surface area contributed by atoms with E-state index in [1.54, 1.807) is 25.1 Å². The van der Waals surface area contributed by atoms with Crippen LogP contribution in [0.4, 0.5) is 17.1 Å². The largest absolute Gasteiger partial charge is 0.497 e. The summed E-state index contributed by atoms with van der Waals surface area (Å²) in [6.07, 6.45) is 1.13. The van der Waals surface area contributed by atoms with Crippen LogP contribution in [0, 0.1) is 10.1 Å². The lowest BCUT2D eigenvalue weighted by Gasteiger charge is -2.30. The summed E-state index contributed by atoms with van der Waals surface area (Å²) in [5.74, 6) is -0.253. The number of benzene rings is 2. The van der Waals surface area contributed by atoms with Crippen molar-refractivity contribution in [3.8, 4) is 5.75 Å². The zero-order valence-electron chi connectivity index (χ0n) is 16.0. The van der Waals surface area contributed by atoms with Crippen LogP contribution in [0.1, 0.15) is 13.3 Å². The fourth-order valence-corrected chi connectivity index (χ4v) is 4.11. The molecule has 0 radical (unpaired) electrons. The van der Waals surface area contributed by atoms with Crippen molar-refractivity contribution in [1.82, 2.24) is 0 Å². The van der Waals surface area contributed by atoms with Crippen LogP contribution in [0.3, 0.4) is 0 Å². The third-order valence-corrected chi connectivity index (χ3v) is 5.57. The number of ether oxygens (including phenoxy) is 1. The molecule has 2 rings (SSSR count). The molecule has 0 aliphatic heterocycles. The number of sulfonamides is 1.